The average molecular weight is 233 g/mol. The van der Waals surface area contributed by atoms with Crippen LogP contribution < -0.4 is 0 Å². The molecule has 0 radical (unpaired) electrons. The van der Waals surface area contributed by atoms with Crippen LogP contribution in [-0.2, 0) is 13.0 Å². The smallest absolute Gasteiger partial charge is 0.115 e. The Hall–Kier alpha value is -0.960. The average Bonchev–Trinajstić information content (AvgIpc) is 2.27. The van der Waals surface area contributed by atoms with Crippen LogP contribution in [-0.4, -0.2) is 28.0 Å². The molecular weight excluding hydrogens is 210 g/mol. The van der Waals surface area contributed by atoms with Crippen molar-refractivity contribution < 1.29 is 0 Å². The molecule has 0 saturated heterocycles. The number of hydrogen-bond acceptors (Lipinski definition) is 3. The van der Waals surface area contributed by atoms with E-state index in [4.69, 9.17) is 0 Å². The van der Waals surface area contributed by atoms with Crippen LogP contribution in [0, 0.1) is 5.41 Å². The Bertz CT molecular complexity index is 368. The molecule has 0 saturated carbocycles. The van der Waals surface area contributed by atoms with Crippen LogP contribution in [0.1, 0.15) is 44.9 Å². The molecule has 0 amide bonds. The fraction of sp³-hybridized carbons (Fsp3) is 0.714. The van der Waals surface area contributed by atoms with Gasteiger partial charge in [-0.3, -0.25) is 4.90 Å². The lowest BCUT2D eigenvalue weighted by molar-refractivity contribution is 0.228. The van der Waals surface area contributed by atoms with Crippen LogP contribution in [0.3, 0.4) is 0 Å². The second-order valence-electron chi connectivity index (χ2n) is 6.19. The maximum atomic E-state index is 4.37. The van der Waals surface area contributed by atoms with Gasteiger partial charge in [-0.1, -0.05) is 20.8 Å². The normalized spacial score (nSPS) is 16.9. The van der Waals surface area contributed by atoms with Crippen LogP contribution in [0.15, 0.2) is 12.5 Å². The molecule has 2 rings (SSSR count). The fourth-order valence-corrected chi connectivity index (χ4v) is 2.33. The van der Waals surface area contributed by atoms with Crippen molar-refractivity contribution in [3.63, 3.8) is 0 Å². The zero-order valence-corrected chi connectivity index (χ0v) is 11.2. The standard InChI is InChI=1S/C14H23N3/c1-14(2,3)6-4-7-17-8-5-12-9-15-11-16-13(12)10-17/h9,11H,4-8,10H2,1-3H3. The monoisotopic (exact) mass is 233 g/mol. The molecule has 94 valence electrons. The van der Waals surface area contributed by atoms with Gasteiger partial charge in [-0.25, -0.2) is 9.97 Å². The highest BCUT2D eigenvalue weighted by Crippen LogP contribution is 2.22. The number of nitrogens with zero attached hydrogens (tertiary/aromatic N) is 3. The number of fused-ring (bicyclic) bond motifs is 1. The lowest BCUT2D eigenvalue weighted by Crippen LogP contribution is -2.32. The van der Waals surface area contributed by atoms with Crippen LogP contribution >= 0.6 is 0 Å². The molecule has 0 aromatic carbocycles. The van der Waals surface area contributed by atoms with Gasteiger partial charge >= 0.3 is 0 Å². The molecule has 2 heterocycles. The first-order chi connectivity index (χ1) is 8.04. The van der Waals surface area contributed by atoms with Gasteiger partial charge in [-0.2, -0.15) is 0 Å². The highest BCUT2D eigenvalue weighted by molar-refractivity contribution is 5.18. The van der Waals surface area contributed by atoms with Crippen molar-refractivity contribution in [1.29, 1.82) is 0 Å². The molecule has 3 nitrogen and oxygen atoms in total. The Balaban J connectivity index is 1.82. The van der Waals surface area contributed by atoms with Gasteiger partial charge in [0.1, 0.15) is 6.33 Å². The summed E-state index contributed by atoms with van der Waals surface area (Å²) >= 11 is 0. The lowest BCUT2D eigenvalue weighted by atomic mass is 9.90. The molecule has 17 heavy (non-hydrogen) atoms. The molecule has 1 aromatic rings. The van der Waals surface area contributed by atoms with Crippen molar-refractivity contribution in [3.05, 3.63) is 23.8 Å². The van der Waals surface area contributed by atoms with Crippen molar-refractivity contribution >= 4 is 0 Å². The first-order valence-corrected chi connectivity index (χ1v) is 6.55. The zero-order chi connectivity index (χ0) is 12.3. The van der Waals surface area contributed by atoms with Crippen LogP contribution in [0.5, 0.6) is 0 Å². The highest BCUT2D eigenvalue weighted by atomic mass is 15.1. The van der Waals surface area contributed by atoms with E-state index >= 15 is 0 Å². The van der Waals surface area contributed by atoms with Crippen molar-refractivity contribution in [1.82, 2.24) is 14.9 Å². The Kier molecular flexibility index (Phi) is 3.77. The number of aromatic nitrogens is 2. The molecule has 1 aliphatic rings. The third kappa shape index (κ3) is 3.77. The van der Waals surface area contributed by atoms with E-state index in [-0.39, 0.29) is 0 Å². The summed E-state index contributed by atoms with van der Waals surface area (Å²) in [6.45, 7) is 10.3. The van der Waals surface area contributed by atoms with E-state index in [0.717, 1.165) is 19.5 Å². The molecule has 1 aliphatic heterocycles. The Morgan fingerprint density at radius 3 is 2.94 bits per heavy atom. The van der Waals surface area contributed by atoms with Gasteiger partial charge in [-0.05, 0) is 36.8 Å². The Labute approximate surface area is 104 Å². The van der Waals surface area contributed by atoms with Gasteiger partial charge in [0.2, 0.25) is 0 Å². The molecule has 0 unspecified atom stereocenters. The summed E-state index contributed by atoms with van der Waals surface area (Å²) in [7, 11) is 0. The van der Waals surface area contributed by atoms with Gasteiger partial charge < -0.3 is 0 Å². The highest BCUT2D eigenvalue weighted by Gasteiger charge is 2.17. The van der Waals surface area contributed by atoms with E-state index in [0.29, 0.717) is 5.41 Å². The molecule has 0 fully saturated rings. The van der Waals surface area contributed by atoms with Gasteiger partial charge in [0.15, 0.2) is 0 Å². The fourth-order valence-electron chi connectivity index (χ4n) is 2.33. The minimum atomic E-state index is 0.454. The largest absolute Gasteiger partial charge is 0.297 e. The zero-order valence-electron chi connectivity index (χ0n) is 11.2. The maximum Gasteiger partial charge on any atom is 0.115 e. The predicted octanol–water partition coefficient (Wildman–Crippen LogP) is 2.66. The quantitative estimate of drug-likeness (QED) is 0.803. The maximum absolute atomic E-state index is 4.37. The van der Waals surface area contributed by atoms with Gasteiger partial charge in [-0.15, -0.1) is 0 Å². The van der Waals surface area contributed by atoms with Gasteiger partial charge in [0.25, 0.3) is 0 Å². The summed E-state index contributed by atoms with van der Waals surface area (Å²) < 4.78 is 0. The Morgan fingerprint density at radius 2 is 2.18 bits per heavy atom. The van der Waals surface area contributed by atoms with E-state index in [9.17, 15) is 0 Å². The first kappa shape index (κ1) is 12.5. The molecular formula is C14H23N3. The van der Waals surface area contributed by atoms with E-state index in [1.54, 1.807) is 6.33 Å². The SMILES string of the molecule is CC(C)(C)CCCN1CCc2cncnc2C1. The second kappa shape index (κ2) is 5.13. The topological polar surface area (TPSA) is 29.0 Å². The van der Waals surface area contributed by atoms with E-state index in [1.165, 1.54) is 30.6 Å². The van der Waals surface area contributed by atoms with E-state index < -0.39 is 0 Å². The van der Waals surface area contributed by atoms with Crippen LogP contribution in [0.4, 0.5) is 0 Å². The summed E-state index contributed by atoms with van der Waals surface area (Å²) in [4.78, 5) is 11.0. The molecule has 0 N–H and O–H groups in total. The summed E-state index contributed by atoms with van der Waals surface area (Å²) in [6, 6.07) is 0. The van der Waals surface area contributed by atoms with Crippen LogP contribution in [0.2, 0.25) is 0 Å². The van der Waals surface area contributed by atoms with E-state index in [1.807, 2.05) is 6.20 Å². The minimum Gasteiger partial charge on any atom is -0.297 e. The summed E-state index contributed by atoms with van der Waals surface area (Å²) in [6.07, 6.45) is 7.31. The molecule has 0 spiro atoms. The van der Waals surface area contributed by atoms with Gasteiger partial charge in [0, 0.05) is 19.3 Å². The third-order valence-corrected chi connectivity index (χ3v) is 3.35. The van der Waals surface area contributed by atoms with E-state index in [2.05, 4.69) is 35.6 Å². The van der Waals surface area contributed by atoms with Crippen molar-refractivity contribution in [2.24, 2.45) is 5.41 Å². The second-order valence-corrected chi connectivity index (χ2v) is 6.19. The number of hydrogen-bond donors (Lipinski definition) is 0. The first-order valence-electron chi connectivity index (χ1n) is 6.55. The molecule has 0 aliphatic carbocycles. The lowest BCUT2D eigenvalue weighted by Gasteiger charge is -2.28. The van der Waals surface area contributed by atoms with Crippen LogP contribution in [0.25, 0.3) is 0 Å². The summed E-state index contributed by atoms with van der Waals surface area (Å²) in [5.74, 6) is 0. The van der Waals surface area contributed by atoms with Crippen molar-refractivity contribution in [2.75, 3.05) is 13.1 Å². The predicted molar refractivity (Wildman–Crippen MR) is 69.7 cm³/mol. The number of rotatable bonds is 3. The molecule has 0 bridgehead atoms. The molecule has 1 aromatic heterocycles. The minimum absolute atomic E-state index is 0.454. The van der Waals surface area contributed by atoms with Crippen molar-refractivity contribution in [3.8, 4) is 0 Å². The Morgan fingerprint density at radius 1 is 1.35 bits per heavy atom. The summed E-state index contributed by atoms with van der Waals surface area (Å²) in [5, 5.41) is 0. The summed E-state index contributed by atoms with van der Waals surface area (Å²) in [5.41, 5.74) is 3.01. The third-order valence-electron chi connectivity index (χ3n) is 3.35. The van der Waals surface area contributed by atoms with Crippen molar-refractivity contribution in [2.45, 2.75) is 46.6 Å². The van der Waals surface area contributed by atoms with Gasteiger partial charge in [0.05, 0.1) is 5.69 Å². The molecule has 0 atom stereocenters. The molecule has 3 heteroatoms.